The van der Waals surface area contributed by atoms with Crippen LogP contribution < -0.4 is 10.6 Å². The van der Waals surface area contributed by atoms with Gasteiger partial charge in [-0.15, -0.1) is 0 Å². The second-order valence-corrected chi connectivity index (χ2v) is 5.45. The maximum absolute atomic E-state index is 12.8. The van der Waals surface area contributed by atoms with Crippen molar-refractivity contribution in [1.82, 2.24) is 0 Å². The molecule has 0 saturated heterocycles. The van der Waals surface area contributed by atoms with Gasteiger partial charge < -0.3 is 15.7 Å². The molecule has 0 saturated carbocycles. The third-order valence-electron chi connectivity index (χ3n) is 4.30. The van der Waals surface area contributed by atoms with Crippen LogP contribution in [0.3, 0.4) is 0 Å². The van der Waals surface area contributed by atoms with Gasteiger partial charge in [-0.1, -0.05) is 24.3 Å². The summed E-state index contributed by atoms with van der Waals surface area (Å²) in [6, 6.07) is 8.07. The van der Waals surface area contributed by atoms with Crippen molar-refractivity contribution in [3.05, 3.63) is 52.6 Å². The summed E-state index contributed by atoms with van der Waals surface area (Å²) in [5.41, 5.74) is 7.77. The first-order valence-corrected chi connectivity index (χ1v) is 7.60. The summed E-state index contributed by atoms with van der Waals surface area (Å²) in [5.74, 6) is -0.897. The Hall–Kier alpha value is -2.82. The monoisotopic (exact) mass is 310 g/mol. The minimum absolute atomic E-state index is 0.00195. The maximum atomic E-state index is 12.8. The Morgan fingerprint density at radius 3 is 2.04 bits per heavy atom. The molecule has 0 aliphatic heterocycles. The van der Waals surface area contributed by atoms with Crippen molar-refractivity contribution >= 4 is 22.9 Å². The number of carbonyl (C=O) groups is 2. The van der Waals surface area contributed by atoms with Crippen molar-refractivity contribution in [1.29, 1.82) is 0 Å². The number of carbonyl (C=O) groups excluding carboxylic acids is 2. The zero-order valence-corrected chi connectivity index (χ0v) is 13.1. The van der Waals surface area contributed by atoms with Crippen LogP contribution in [0.5, 0.6) is 5.75 Å². The van der Waals surface area contributed by atoms with E-state index in [1.54, 1.807) is 24.3 Å². The molecule has 5 nitrogen and oxygen atoms in total. The number of hydrogen-bond donors (Lipinski definition) is 2. The van der Waals surface area contributed by atoms with E-state index in [1.165, 1.54) is 6.07 Å². The first kappa shape index (κ1) is 15.1. The number of phenolic OH excluding ortho intramolecular Hbond substituents is 1. The number of ketones is 2. The van der Waals surface area contributed by atoms with Crippen molar-refractivity contribution in [3.63, 3.8) is 0 Å². The molecule has 3 rings (SSSR count). The Morgan fingerprint density at radius 1 is 1.00 bits per heavy atom. The standard InChI is InChI=1S/C18H18N2O3/c1-3-20(4-2)12-9-13(21)14-15(16(12)19)18(23)11-8-6-5-7-10(11)17(14)22/h5-9,21H,3-4,19H2,1-2H3. The van der Waals surface area contributed by atoms with Crippen LogP contribution in [0.2, 0.25) is 0 Å². The van der Waals surface area contributed by atoms with Crippen molar-refractivity contribution in [3.8, 4) is 5.75 Å². The second-order valence-electron chi connectivity index (χ2n) is 5.45. The predicted octanol–water partition coefficient (Wildman–Crippen LogP) is 2.60. The lowest BCUT2D eigenvalue weighted by atomic mass is 9.82. The topological polar surface area (TPSA) is 83.6 Å². The molecule has 0 atom stereocenters. The van der Waals surface area contributed by atoms with Gasteiger partial charge in [-0.2, -0.15) is 0 Å². The molecule has 0 amide bonds. The molecule has 3 N–H and O–H groups in total. The smallest absolute Gasteiger partial charge is 0.198 e. The van der Waals surface area contributed by atoms with E-state index < -0.39 is 0 Å². The van der Waals surface area contributed by atoms with E-state index in [1.807, 2.05) is 18.7 Å². The van der Waals surface area contributed by atoms with Crippen molar-refractivity contribution < 1.29 is 14.7 Å². The van der Waals surface area contributed by atoms with Crippen LogP contribution >= 0.6 is 0 Å². The highest BCUT2D eigenvalue weighted by Gasteiger charge is 2.35. The molecule has 1 aliphatic carbocycles. The molecule has 0 spiro atoms. The summed E-state index contributed by atoms with van der Waals surface area (Å²) in [6.45, 7) is 5.28. The number of benzene rings is 2. The van der Waals surface area contributed by atoms with Gasteiger partial charge in [0.15, 0.2) is 11.6 Å². The molecule has 118 valence electrons. The number of hydrogen-bond acceptors (Lipinski definition) is 5. The molecule has 0 heterocycles. The number of nitrogen functional groups attached to an aromatic ring is 1. The van der Waals surface area contributed by atoms with Gasteiger partial charge in [-0.3, -0.25) is 9.59 Å². The molecule has 0 bridgehead atoms. The minimum atomic E-state index is -0.370. The van der Waals surface area contributed by atoms with E-state index >= 15 is 0 Å². The summed E-state index contributed by atoms with van der Waals surface area (Å²) in [4.78, 5) is 27.4. The quantitative estimate of drug-likeness (QED) is 0.574. The van der Waals surface area contributed by atoms with Gasteiger partial charge >= 0.3 is 0 Å². The largest absolute Gasteiger partial charge is 0.507 e. The van der Waals surface area contributed by atoms with Gasteiger partial charge in [0.1, 0.15) is 5.75 Å². The molecular weight excluding hydrogens is 292 g/mol. The minimum Gasteiger partial charge on any atom is -0.507 e. The number of nitrogens with two attached hydrogens (primary N) is 1. The molecule has 0 fully saturated rings. The van der Waals surface area contributed by atoms with Gasteiger partial charge in [-0.05, 0) is 13.8 Å². The fourth-order valence-electron chi connectivity index (χ4n) is 3.11. The second kappa shape index (κ2) is 5.43. The van der Waals surface area contributed by atoms with Crippen LogP contribution in [-0.4, -0.2) is 29.8 Å². The number of aromatic hydroxyl groups is 1. The number of nitrogens with zero attached hydrogens (tertiary/aromatic N) is 1. The van der Waals surface area contributed by atoms with Crippen LogP contribution in [0.1, 0.15) is 45.7 Å². The summed E-state index contributed by atoms with van der Waals surface area (Å²) >= 11 is 0. The third kappa shape index (κ3) is 2.08. The van der Waals surface area contributed by atoms with Crippen molar-refractivity contribution in [2.75, 3.05) is 23.7 Å². The molecule has 23 heavy (non-hydrogen) atoms. The Labute approximate surface area is 134 Å². The van der Waals surface area contributed by atoms with E-state index in [-0.39, 0.29) is 34.1 Å². The van der Waals surface area contributed by atoms with Crippen LogP contribution in [0, 0.1) is 0 Å². The normalized spacial score (nSPS) is 12.8. The number of anilines is 2. The van der Waals surface area contributed by atoms with Crippen LogP contribution in [0.4, 0.5) is 11.4 Å². The SMILES string of the molecule is CCN(CC)c1cc(O)c2c(c1N)C(=O)c1ccccc1C2=O. The molecule has 5 heteroatoms. The summed E-state index contributed by atoms with van der Waals surface area (Å²) in [7, 11) is 0. The van der Waals surface area contributed by atoms with E-state index in [4.69, 9.17) is 5.73 Å². The molecule has 0 radical (unpaired) electrons. The molecule has 2 aromatic carbocycles. The van der Waals surface area contributed by atoms with Crippen molar-refractivity contribution in [2.45, 2.75) is 13.8 Å². The van der Waals surface area contributed by atoms with Gasteiger partial charge in [-0.25, -0.2) is 0 Å². The van der Waals surface area contributed by atoms with Gasteiger partial charge in [0.25, 0.3) is 0 Å². The highest BCUT2D eigenvalue weighted by molar-refractivity contribution is 6.31. The van der Waals surface area contributed by atoms with Gasteiger partial charge in [0, 0.05) is 30.3 Å². The van der Waals surface area contributed by atoms with Gasteiger partial charge in [0.2, 0.25) is 0 Å². The number of phenols is 1. The van der Waals surface area contributed by atoms with E-state index in [2.05, 4.69) is 0 Å². The lowest BCUT2D eigenvalue weighted by Gasteiger charge is -2.27. The maximum Gasteiger partial charge on any atom is 0.198 e. The molecule has 1 aliphatic rings. The van der Waals surface area contributed by atoms with Crippen molar-refractivity contribution in [2.24, 2.45) is 0 Å². The van der Waals surface area contributed by atoms with E-state index in [0.717, 1.165) is 0 Å². The molecular formula is C18H18N2O3. The average molecular weight is 310 g/mol. The van der Waals surface area contributed by atoms with E-state index in [0.29, 0.717) is 29.9 Å². The third-order valence-corrected chi connectivity index (χ3v) is 4.30. The molecule has 2 aromatic rings. The van der Waals surface area contributed by atoms with Crippen LogP contribution in [0.15, 0.2) is 30.3 Å². The summed E-state index contributed by atoms with van der Waals surface area (Å²) < 4.78 is 0. The van der Waals surface area contributed by atoms with Crippen LogP contribution in [-0.2, 0) is 0 Å². The van der Waals surface area contributed by atoms with Crippen LogP contribution in [0.25, 0.3) is 0 Å². The van der Waals surface area contributed by atoms with Gasteiger partial charge in [0.05, 0.1) is 22.5 Å². The zero-order valence-electron chi connectivity index (χ0n) is 13.1. The Balaban J connectivity index is 2.31. The highest BCUT2D eigenvalue weighted by atomic mass is 16.3. The first-order chi connectivity index (χ1) is 11.0. The Bertz CT molecular complexity index is 823. The fourth-order valence-corrected chi connectivity index (χ4v) is 3.11. The summed E-state index contributed by atoms with van der Waals surface area (Å²) in [6.07, 6.45) is 0. The number of rotatable bonds is 3. The molecule has 0 aromatic heterocycles. The average Bonchev–Trinajstić information content (AvgIpc) is 2.56. The first-order valence-electron chi connectivity index (χ1n) is 7.60. The fraction of sp³-hybridized carbons (Fsp3) is 0.222. The number of fused-ring (bicyclic) bond motifs is 2. The predicted molar refractivity (Wildman–Crippen MR) is 89.4 cm³/mol. The Kier molecular flexibility index (Phi) is 3.56. The van der Waals surface area contributed by atoms with E-state index in [9.17, 15) is 14.7 Å². The summed E-state index contributed by atoms with van der Waals surface area (Å²) in [5, 5.41) is 10.4. The Morgan fingerprint density at radius 2 is 1.52 bits per heavy atom. The molecule has 0 unspecified atom stereocenters. The lowest BCUT2D eigenvalue weighted by Crippen LogP contribution is -2.27. The highest BCUT2D eigenvalue weighted by Crippen LogP contribution is 2.41. The zero-order chi connectivity index (χ0) is 16.7. The lowest BCUT2D eigenvalue weighted by molar-refractivity contribution is 0.0977.